The zero-order valence-corrected chi connectivity index (χ0v) is 21.3. The van der Waals surface area contributed by atoms with Crippen molar-refractivity contribution in [2.75, 3.05) is 44.7 Å². The van der Waals surface area contributed by atoms with Crippen molar-refractivity contribution >= 4 is 11.8 Å². The van der Waals surface area contributed by atoms with E-state index >= 15 is 0 Å². The van der Waals surface area contributed by atoms with Crippen molar-refractivity contribution in [1.29, 1.82) is 5.26 Å². The van der Waals surface area contributed by atoms with E-state index in [1.165, 1.54) is 30.6 Å². The van der Waals surface area contributed by atoms with Crippen LogP contribution in [0.4, 0.5) is 10.5 Å². The summed E-state index contributed by atoms with van der Waals surface area (Å²) in [6, 6.07) is 21.1. The van der Waals surface area contributed by atoms with E-state index in [0.29, 0.717) is 23.7 Å². The lowest BCUT2D eigenvalue weighted by atomic mass is 9.71. The molecule has 36 heavy (non-hydrogen) atoms. The minimum Gasteiger partial charge on any atom is -0.446 e. The lowest BCUT2D eigenvalue weighted by molar-refractivity contribution is 0.0506. The first kappa shape index (κ1) is 24.6. The molecule has 3 atom stereocenters. The van der Waals surface area contributed by atoms with Gasteiger partial charge in [0.1, 0.15) is 6.10 Å². The van der Waals surface area contributed by atoms with E-state index in [1.807, 2.05) is 12.1 Å². The smallest absolute Gasteiger partial charge is 0.407 e. The molecule has 1 N–H and O–H groups in total. The highest BCUT2D eigenvalue weighted by atomic mass is 16.6. The van der Waals surface area contributed by atoms with Gasteiger partial charge in [0, 0.05) is 44.2 Å². The Kier molecular flexibility index (Phi) is 7.77. The molecule has 0 bridgehead atoms. The first-order valence-corrected chi connectivity index (χ1v) is 13.6. The number of hydrogen-bond donors (Lipinski definition) is 1. The monoisotopic (exact) mass is 486 g/mol. The Morgan fingerprint density at radius 2 is 1.78 bits per heavy atom. The standard InChI is InChI=1S/C30H38N4O2/c1-32-30(35)36-28-9-5-8-27(28)29(24-6-3-2-4-7-24)25-14-16-33(17-15-25)19-23-20-34(21-23)26-12-10-22(18-31)11-13-26/h2-4,6-7,10-13,23,25,27-29H,5,8-9,14-17,19-21H2,1H3,(H,32,35)/t27-,28-,29?/m0/s1. The molecular formula is C30H38N4O2. The van der Waals surface area contributed by atoms with Gasteiger partial charge in [0.05, 0.1) is 11.6 Å². The molecule has 5 rings (SSSR count). The van der Waals surface area contributed by atoms with Crippen LogP contribution >= 0.6 is 0 Å². The largest absolute Gasteiger partial charge is 0.446 e. The molecule has 2 aromatic rings. The predicted molar refractivity (Wildman–Crippen MR) is 142 cm³/mol. The van der Waals surface area contributed by atoms with E-state index < -0.39 is 0 Å². The maximum absolute atomic E-state index is 12.0. The second-order valence-corrected chi connectivity index (χ2v) is 10.8. The van der Waals surface area contributed by atoms with Crippen LogP contribution in [-0.2, 0) is 4.74 Å². The number of rotatable bonds is 7. The fraction of sp³-hybridized carbons (Fsp3) is 0.533. The van der Waals surface area contributed by atoms with Gasteiger partial charge in [0.25, 0.3) is 0 Å². The summed E-state index contributed by atoms with van der Waals surface area (Å²) in [5.41, 5.74) is 3.35. The van der Waals surface area contributed by atoms with Gasteiger partial charge in [-0.2, -0.15) is 5.26 Å². The Hall–Kier alpha value is -3.04. The van der Waals surface area contributed by atoms with Gasteiger partial charge in [0.2, 0.25) is 0 Å². The number of benzene rings is 2. The number of ether oxygens (including phenoxy) is 1. The summed E-state index contributed by atoms with van der Waals surface area (Å²) in [6.07, 6.45) is 5.35. The number of carbonyl (C=O) groups is 1. The quantitative estimate of drug-likeness (QED) is 0.596. The number of amides is 1. The molecule has 0 aromatic heterocycles. The molecule has 1 aliphatic carbocycles. The normalized spacial score (nSPS) is 24.1. The molecule has 2 heterocycles. The summed E-state index contributed by atoms with van der Waals surface area (Å²) in [4.78, 5) is 17.1. The third-order valence-corrected chi connectivity index (χ3v) is 8.59. The lowest BCUT2D eigenvalue weighted by Crippen LogP contribution is -2.52. The molecule has 0 radical (unpaired) electrons. The van der Waals surface area contributed by atoms with Crippen LogP contribution in [0.3, 0.4) is 0 Å². The maximum Gasteiger partial charge on any atom is 0.407 e. The molecule has 2 aliphatic heterocycles. The zero-order valence-electron chi connectivity index (χ0n) is 21.3. The van der Waals surface area contributed by atoms with Gasteiger partial charge in [-0.3, -0.25) is 0 Å². The Balaban J connectivity index is 1.17. The molecular weight excluding hydrogens is 448 g/mol. The van der Waals surface area contributed by atoms with Crippen LogP contribution in [0.15, 0.2) is 54.6 Å². The number of anilines is 1. The van der Waals surface area contributed by atoms with Crippen LogP contribution in [0.25, 0.3) is 0 Å². The molecule has 1 unspecified atom stereocenters. The number of nitrogens with one attached hydrogen (secondary N) is 1. The average molecular weight is 487 g/mol. The van der Waals surface area contributed by atoms with Crippen molar-refractivity contribution in [2.24, 2.45) is 17.8 Å². The van der Waals surface area contributed by atoms with Crippen LogP contribution in [0.2, 0.25) is 0 Å². The van der Waals surface area contributed by atoms with Crippen molar-refractivity contribution in [3.05, 3.63) is 65.7 Å². The first-order valence-electron chi connectivity index (χ1n) is 13.6. The molecule has 1 saturated carbocycles. The summed E-state index contributed by atoms with van der Waals surface area (Å²) in [7, 11) is 1.64. The number of hydrogen-bond acceptors (Lipinski definition) is 5. The Bertz CT molecular complexity index is 1040. The number of carbonyl (C=O) groups excluding carboxylic acids is 1. The van der Waals surface area contributed by atoms with Crippen molar-refractivity contribution in [3.63, 3.8) is 0 Å². The van der Waals surface area contributed by atoms with Crippen molar-refractivity contribution in [3.8, 4) is 6.07 Å². The van der Waals surface area contributed by atoms with Crippen molar-refractivity contribution in [2.45, 2.75) is 44.1 Å². The average Bonchev–Trinajstić information content (AvgIpc) is 3.35. The summed E-state index contributed by atoms with van der Waals surface area (Å²) in [5.74, 6) is 2.18. The van der Waals surface area contributed by atoms with Crippen molar-refractivity contribution in [1.82, 2.24) is 10.2 Å². The van der Waals surface area contributed by atoms with Crippen LogP contribution < -0.4 is 10.2 Å². The van der Waals surface area contributed by atoms with Crippen LogP contribution in [0.5, 0.6) is 0 Å². The van der Waals surface area contributed by atoms with E-state index in [9.17, 15) is 4.79 Å². The SMILES string of the molecule is CNC(=O)O[C@H]1CCC[C@@H]1C(c1ccccc1)C1CCN(CC2CN(c3ccc(C#N)cc3)C2)CC1. The first-order chi connectivity index (χ1) is 17.6. The predicted octanol–water partition coefficient (Wildman–Crippen LogP) is 5.01. The number of likely N-dealkylation sites (tertiary alicyclic amines) is 1. The van der Waals surface area contributed by atoms with Gasteiger partial charge in [0.15, 0.2) is 0 Å². The second kappa shape index (κ2) is 11.3. The molecule has 6 heteroatoms. The van der Waals surface area contributed by atoms with Gasteiger partial charge < -0.3 is 19.9 Å². The summed E-state index contributed by atoms with van der Waals surface area (Å²) in [5, 5.41) is 11.6. The molecule has 6 nitrogen and oxygen atoms in total. The fourth-order valence-corrected chi connectivity index (χ4v) is 6.76. The van der Waals surface area contributed by atoms with E-state index in [-0.39, 0.29) is 12.2 Å². The van der Waals surface area contributed by atoms with E-state index in [1.54, 1.807) is 7.05 Å². The highest BCUT2D eigenvalue weighted by Gasteiger charge is 2.41. The maximum atomic E-state index is 12.0. The number of nitrogens with zero attached hydrogens (tertiary/aromatic N) is 3. The Labute approximate surface area is 215 Å². The Morgan fingerprint density at radius 3 is 2.44 bits per heavy atom. The third kappa shape index (κ3) is 5.52. The third-order valence-electron chi connectivity index (χ3n) is 8.59. The van der Waals surface area contributed by atoms with E-state index in [0.717, 1.165) is 51.0 Å². The molecule has 2 aromatic carbocycles. The van der Waals surface area contributed by atoms with E-state index in [2.05, 4.69) is 63.7 Å². The fourth-order valence-electron chi connectivity index (χ4n) is 6.76. The van der Waals surface area contributed by atoms with Crippen LogP contribution in [0, 0.1) is 29.1 Å². The second-order valence-electron chi connectivity index (χ2n) is 10.8. The van der Waals surface area contributed by atoms with Gasteiger partial charge in [-0.25, -0.2) is 4.79 Å². The van der Waals surface area contributed by atoms with Crippen molar-refractivity contribution < 1.29 is 9.53 Å². The van der Waals surface area contributed by atoms with Gasteiger partial charge in [-0.05, 0) is 86.9 Å². The van der Waals surface area contributed by atoms with Gasteiger partial charge in [-0.15, -0.1) is 0 Å². The molecule has 3 aliphatic rings. The highest BCUT2D eigenvalue weighted by Crippen LogP contribution is 2.46. The van der Waals surface area contributed by atoms with Crippen LogP contribution in [-0.4, -0.2) is 56.9 Å². The minimum atomic E-state index is -0.302. The van der Waals surface area contributed by atoms with Gasteiger partial charge in [-0.1, -0.05) is 30.3 Å². The lowest BCUT2D eigenvalue weighted by Gasteiger charge is -2.45. The number of piperidine rings is 1. The number of alkyl carbamates (subject to hydrolysis) is 1. The molecule has 2 saturated heterocycles. The summed E-state index contributed by atoms with van der Waals surface area (Å²) in [6.45, 7) is 5.66. The zero-order chi connectivity index (χ0) is 24.9. The molecule has 0 spiro atoms. The Morgan fingerprint density at radius 1 is 1.06 bits per heavy atom. The summed E-state index contributed by atoms with van der Waals surface area (Å²) >= 11 is 0. The molecule has 3 fully saturated rings. The molecule has 190 valence electrons. The minimum absolute atomic E-state index is 0.0105. The van der Waals surface area contributed by atoms with Gasteiger partial charge >= 0.3 is 6.09 Å². The molecule has 1 amide bonds. The number of nitriles is 1. The van der Waals surface area contributed by atoms with E-state index in [4.69, 9.17) is 10.00 Å². The summed E-state index contributed by atoms with van der Waals surface area (Å²) < 4.78 is 5.84. The van der Waals surface area contributed by atoms with Crippen LogP contribution in [0.1, 0.15) is 49.1 Å². The highest BCUT2D eigenvalue weighted by molar-refractivity contribution is 5.67. The topological polar surface area (TPSA) is 68.6 Å².